The minimum atomic E-state index is -0.591. The van der Waals surface area contributed by atoms with Crippen molar-refractivity contribution in [2.45, 2.75) is 25.9 Å². The van der Waals surface area contributed by atoms with Gasteiger partial charge in [-0.05, 0) is 53.9 Å². The summed E-state index contributed by atoms with van der Waals surface area (Å²) in [4.78, 5) is 11.7. The zero-order chi connectivity index (χ0) is 14.3. The number of hydrogen-bond donors (Lipinski definition) is 2. The van der Waals surface area contributed by atoms with Crippen LogP contribution in [0.3, 0.4) is 0 Å². The Morgan fingerprint density at radius 3 is 2.89 bits per heavy atom. The summed E-state index contributed by atoms with van der Waals surface area (Å²) < 4.78 is 6.26. The molecular formula is C13H17BrClNO3. The Morgan fingerprint density at radius 2 is 2.26 bits per heavy atom. The summed E-state index contributed by atoms with van der Waals surface area (Å²) in [5.74, 6) is 0.391. The molecule has 0 saturated heterocycles. The fourth-order valence-corrected chi connectivity index (χ4v) is 2.18. The molecule has 106 valence electrons. The van der Waals surface area contributed by atoms with Gasteiger partial charge in [-0.3, -0.25) is 4.79 Å². The fraction of sp³-hybridized carbons (Fsp3) is 0.462. The first-order chi connectivity index (χ1) is 9.04. The van der Waals surface area contributed by atoms with Crippen molar-refractivity contribution in [1.29, 1.82) is 0 Å². The zero-order valence-corrected chi connectivity index (χ0v) is 13.0. The highest BCUT2D eigenvalue weighted by Gasteiger charge is 2.15. The van der Waals surface area contributed by atoms with Crippen LogP contribution in [-0.4, -0.2) is 30.3 Å². The second-order valence-electron chi connectivity index (χ2n) is 4.06. The van der Waals surface area contributed by atoms with E-state index in [2.05, 4.69) is 21.2 Å². The van der Waals surface area contributed by atoms with Gasteiger partial charge in [-0.2, -0.15) is 0 Å². The Morgan fingerprint density at radius 1 is 1.53 bits per heavy atom. The number of halogens is 2. The van der Waals surface area contributed by atoms with Crippen LogP contribution in [-0.2, 0) is 4.79 Å². The highest BCUT2D eigenvalue weighted by Crippen LogP contribution is 2.28. The maximum Gasteiger partial charge on any atom is 0.260 e. The molecule has 19 heavy (non-hydrogen) atoms. The standard InChI is InChI=1S/C13H17BrClNO3/c1-9(13(18)16-6-2-3-7-17)19-12-5-4-10(15)8-11(12)14/h4-5,8-9,17H,2-3,6-7H2,1H3,(H,16,18). The quantitative estimate of drug-likeness (QED) is 0.743. The molecule has 6 heteroatoms. The molecule has 0 heterocycles. The minimum absolute atomic E-state index is 0.139. The molecule has 4 nitrogen and oxygen atoms in total. The van der Waals surface area contributed by atoms with Gasteiger partial charge in [-0.1, -0.05) is 11.6 Å². The summed E-state index contributed by atoms with van der Waals surface area (Å²) in [6.45, 7) is 2.36. The Hall–Kier alpha value is -0.780. The first-order valence-corrected chi connectivity index (χ1v) is 7.22. The second kappa shape index (κ2) is 8.40. The number of aliphatic hydroxyl groups excluding tert-OH is 1. The topological polar surface area (TPSA) is 58.6 Å². The summed E-state index contributed by atoms with van der Waals surface area (Å²) in [6, 6.07) is 5.12. The van der Waals surface area contributed by atoms with E-state index in [4.69, 9.17) is 21.4 Å². The van der Waals surface area contributed by atoms with Gasteiger partial charge in [0, 0.05) is 18.2 Å². The highest BCUT2D eigenvalue weighted by atomic mass is 79.9. The van der Waals surface area contributed by atoms with E-state index in [1.54, 1.807) is 25.1 Å². The smallest absolute Gasteiger partial charge is 0.260 e. The van der Waals surface area contributed by atoms with Gasteiger partial charge in [0.25, 0.3) is 5.91 Å². The molecule has 0 radical (unpaired) electrons. The lowest BCUT2D eigenvalue weighted by atomic mass is 10.3. The number of amides is 1. The van der Waals surface area contributed by atoms with Gasteiger partial charge in [-0.25, -0.2) is 0 Å². The zero-order valence-electron chi connectivity index (χ0n) is 10.7. The summed E-state index contributed by atoms with van der Waals surface area (Å²) >= 11 is 9.16. The van der Waals surface area contributed by atoms with Crippen LogP contribution in [0.15, 0.2) is 22.7 Å². The SMILES string of the molecule is CC(Oc1ccc(Cl)cc1Br)C(=O)NCCCCO. The number of unbranched alkanes of at least 4 members (excludes halogenated alkanes) is 1. The predicted molar refractivity (Wildman–Crippen MR) is 78.6 cm³/mol. The van der Waals surface area contributed by atoms with Crippen molar-refractivity contribution in [3.8, 4) is 5.75 Å². The number of carbonyl (C=O) groups excluding carboxylic acids is 1. The van der Waals surface area contributed by atoms with E-state index < -0.39 is 6.10 Å². The molecule has 0 saturated carbocycles. The third kappa shape index (κ3) is 5.80. The molecule has 0 aliphatic carbocycles. The molecule has 1 amide bonds. The van der Waals surface area contributed by atoms with Crippen LogP contribution >= 0.6 is 27.5 Å². The van der Waals surface area contributed by atoms with Crippen molar-refractivity contribution >= 4 is 33.4 Å². The lowest BCUT2D eigenvalue weighted by Crippen LogP contribution is -2.36. The maximum atomic E-state index is 11.7. The van der Waals surface area contributed by atoms with E-state index in [9.17, 15) is 4.79 Å². The van der Waals surface area contributed by atoms with Gasteiger partial charge in [0.05, 0.1) is 4.47 Å². The van der Waals surface area contributed by atoms with E-state index in [1.165, 1.54) is 0 Å². The molecule has 2 N–H and O–H groups in total. The van der Waals surface area contributed by atoms with Crippen molar-refractivity contribution in [2.75, 3.05) is 13.2 Å². The highest BCUT2D eigenvalue weighted by molar-refractivity contribution is 9.10. The van der Waals surface area contributed by atoms with Crippen LogP contribution in [0, 0.1) is 0 Å². The van der Waals surface area contributed by atoms with Crippen LogP contribution in [0.25, 0.3) is 0 Å². The Kier molecular flexibility index (Phi) is 7.20. The number of nitrogens with one attached hydrogen (secondary N) is 1. The number of ether oxygens (including phenoxy) is 1. The molecule has 0 aliphatic rings. The van der Waals surface area contributed by atoms with Crippen molar-refractivity contribution in [3.63, 3.8) is 0 Å². The third-order valence-corrected chi connectivity index (χ3v) is 3.31. The van der Waals surface area contributed by atoms with Crippen LogP contribution in [0.5, 0.6) is 5.75 Å². The van der Waals surface area contributed by atoms with Crippen molar-refractivity contribution < 1.29 is 14.6 Å². The third-order valence-electron chi connectivity index (χ3n) is 2.45. The Labute approximate surface area is 126 Å². The second-order valence-corrected chi connectivity index (χ2v) is 5.35. The molecule has 1 unspecified atom stereocenters. The summed E-state index contributed by atoms with van der Waals surface area (Å²) in [5, 5.41) is 12.0. The number of aliphatic hydroxyl groups is 1. The lowest BCUT2D eigenvalue weighted by molar-refractivity contribution is -0.127. The first-order valence-electron chi connectivity index (χ1n) is 6.05. The summed E-state index contributed by atoms with van der Waals surface area (Å²) in [6.07, 6.45) is 0.837. The number of benzene rings is 1. The van der Waals surface area contributed by atoms with Gasteiger partial charge in [0.15, 0.2) is 6.10 Å². The summed E-state index contributed by atoms with van der Waals surface area (Å²) in [7, 11) is 0. The number of rotatable bonds is 7. The van der Waals surface area contributed by atoms with Crippen LogP contribution in [0.2, 0.25) is 5.02 Å². The van der Waals surface area contributed by atoms with E-state index in [0.717, 1.165) is 6.42 Å². The van der Waals surface area contributed by atoms with Crippen LogP contribution in [0.4, 0.5) is 0 Å². The molecule has 0 aromatic heterocycles. The average Bonchev–Trinajstić information content (AvgIpc) is 2.37. The molecular weight excluding hydrogens is 334 g/mol. The van der Waals surface area contributed by atoms with Gasteiger partial charge in [0.1, 0.15) is 5.75 Å². The van der Waals surface area contributed by atoms with Gasteiger partial charge < -0.3 is 15.2 Å². The van der Waals surface area contributed by atoms with Crippen molar-refractivity contribution in [3.05, 3.63) is 27.7 Å². The molecule has 1 aromatic rings. The van der Waals surface area contributed by atoms with E-state index in [-0.39, 0.29) is 12.5 Å². The molecule has 1 rings (SSSR count). The largest absolute Gasteiger partial charge is 0.480 e. The average molecular weight is 351 g/mol. The molecule has 0 spiro atoms. The van der Waals surface area contributed by atoms with Gasteiger partial charge in [0.2, 0.25) is 0 Å². The molecule has 1 aromatic carbocycles. The van der Waals surface area contributed by atoms with Crippen molar-refractivity contribution in [2.24, 2.45) is 0 Å². The Balaban J connectivity index is 2.45. The molecule has 0 fully saturated rings. The van der Waals surface area contributed by atoms with Gasteiger partial charge in [-0.15, -0.1) is 0 Å². The van der Waals surface area contributed by atoms with Gasteiger partial charge >= 0.3 is 0 Å². The van der Waals surface area contributed by atoms with E-state index in [1.807, 2.05) is 0 Å². The number of carbonyl (C=O) groups is 1. The maximum absolute atomic E-state index is 11.7. The van der Waals surface area contributed by atoms with Crippen molar-refractivity contribution in [1.82, 2.24) is 5.32 Å². The molecule has 0 bridgehead atoms. The minimum Gasteiger partial charge on any atom is -0.480 e. The van der Waals surface area contributed by atoms with E-state index >= 15 is 0 Å². The fourth-order valence-electron chi connectivity index (χ4n) is 1.41. The predicted octanol–water partition coefficient (Wildman–Crippen LogP) is 2.76. The summed E-state index contributed by atoms with van der Waals surface area (Å²) in [5.41, 5.74) is 0. The van der Waals surface area contributed by atoms with Crippen LogP contribution in [0.1, 0.15) is 19.8 Å². The van der Waals surface area contributed by atoms with E-state index in [0.29, 0.717) is 28.2 Å². The monoisotopic (exact) mass is 349 g/mol. The van der Waals surface area contributed by atoms with Crippen LogP contribution < -0.4 is 10.1 Å². The first kappa shape index (κ1) is 16.3. The molecule has 1 atom stereocenters. The lowest BCUT2D eigenvalue weighted by Gasteiger charge is -2.15. The normalized spacial score (nSPS) is 12.0. The number of hydrogen-bond acceptors (Lipinski definition) is 3. The Bertz CT molecular complexity index is 428. The molecule has 0 aliphatic heterocycles.